The lowest BCUT2D eigenvalue weighted by Gasteiger charge is -2.13. The number of hydrogen-bond donors (Lipinski definition) is 0. The van der Waals surface area contributed by atoms with Crippen LogP contribution in [0.25, 0.3) is 0 Å². The first-order valence-corrected chi connectivity index (χ1v) is 11.1. The van der Waals surface area contributed by atoms with E-state index >= 15 is 0 Å². The van der Waals surface area contributed by atoms with Crippen molar-refractivity contribution in [1.82, 2.24) is 9.88 Å². The van der Waals surface area contributed by atoms with Gasteiger partial charge in [0.25, 0.3) is 11.8 Å². The van der Waals surface area contributed by atoms with E-state index in [-0.39, 0.29) is 11.8 Å². The molecule has 2 heterocycles. The molecule has 0 saturated heterocycles. The van der Waals surface area contributed by atoms with Crippen LogP contribution >= 0.6 is 0 Å². The molecular weight excluding hydrogens is 360 g/mol. The molecule has 2 aromatic rings. The van der Waals surface area contributed by atoms with Gasteiger partial charge in [0.15, 0.2) is 0 Å². The van der Waals surface area contributed by atoms with E-state index in [1.54, 1.807) is 12.1 Å². The van der Waals surface area contributed by atoms with Crippen molar-refractivity contribution in [1.29, 1.82) is 0 Å². The van der Waals surface area contributed by atoms with Gasteiger partial charge in [-0.1, -0.05) is 69.6 Å². The fraction of sp³-hybridized carbons (Fsp3) is 0.480. The van der Waals surface area contributed by atoms with Crippen molar-refractivity contribution in [2.24, 2.45) is 0 Å². The third kappa shape index (κ3) is 6.25. The predicted molar refractivity (Wildman–Crippen MR) is 116 cm³/mol. The minimum Gasteiger partial charge on any atom is -0.274 e. The summed E-state index contributed by atoms with van der Waals surface area (Å²) in [6.45, 7) is 0.545. The summed E-state index contributed by atoms with van der Waals surface area (Å²) in [6, 6.07) is 11.3. The first-order chi connectivity index (χ1) is 14.3. The second-order valence-corrected chi connectivity index (χ2v) is 7.95. The number of benzene rings is 1. The Kier molecular flexibility index (Phi) is 8.41. The number of carbonyl (C=O) groups is 2. The molecule has 4 nitrogen and oxygen atoms in total. The van der Waals surface area contributed by atoms with E-state index in [0.717, 1.165) is 19.3 Å². The molecule has 1 aromatic carbocycles. The number of nitrogens with zero attached hydrogens (tertiary/aromatic N) is 2. The molecule has 0 saturated carbocycles. The number of rotatable bonds is 13. The molecule has 154 valence electrons. The first-order valence-electron chi connectivity index (χ1n) is 11.1. The molecule has 1 aliphatic rings. The third-order valence-electron chi connectivity index (χ3n) is 5.70. The van der Waals surface area contributed by atoms with E-state index in [4.69, 9.17) is 0 Å². The maximum Gasteiger partial charge on any atom is 0.261 e. The number of unbranched alkanes of at least 4 members (excludes halogenated alkanes) is 9. The van der Waals surface area contributed by atoms with E-state index in [2.05, 4.69) is 11.1 Å². The number of aryl methyl sites for hydroxylation is 1. The predicted octanol–water partition coefficient (Wildman–Crippen LogP) is 5.82. The van der Waals surface area contributed by atoms with Crippen LogP contribution in [0.5, 0.6) is 0 Å². The van der Waals surface area contributed by atoms with Crippen molar-refractivity contribution in [3.05, 3.63) is 65.5 Å². The molecule has 0 fully saturated rings. The number of amides is 2. The molecule has 1 aromatic heterocycles. The summed E-state index contributed by atoms with van der Waals surface area (Å²) in [6.07, 6.45) is 17.1. The number of hydrogen-bond acceptors (Lipinski definition) is 3. The van der Waals surface area contributed by atoms with Crippen molar-refractivity contribution in [3.8, 4) is 0 Å². The molecule has 0 N–H and O–H groups in total. The Morgan fingerprint density at radius 1 is 0.655 bits per heavy atom. The maximum atomic E-state index is 12.3. The van der Waals surface area contributed by atoms with Gasteiger partial charge in [-0.25, -0.2) is 0 Å². The Balaban J connectivity index is 1.15. The summed E-state index contributed by atoms with van der Waals surface area (Å²) in [7, 11) is 0. The van der Waals surface area contributed by atoms with E-state index in [1.807, 2.05) is 30.6 Å². The lowest BCUT2D eigenvalue weighted by atomic mass is 10.0. The summed E-state index contributed by atoms with van der Waals surface area (Å²) < 4.78 is 0. The second kappa shape index (κ2) is 11.5. The van der Waals surface area contributed by atoms with Gasteiger partial charge < -0.3 is 0 Å². The van der Waals surface area contributed by atoms with Crippen LogP contribution in [-0.4, -0.2) is 28.2 Å². The maximum absolute atomic E-state index is 12.3. The molecule has 3 rings (SSSR count). The summed E-state index contributed by atoms with van der Waals surface area (Å²) >= 11 is 0. The molecule has 4 heteroatoms. The van der Waals surface area contributed by atoms with Crippen LogP contribution in [-0.2, 0) is 6.42 Å². The van der Waals surface area contributed by atoms with Gasteiger partial charge in [0.05, 0.1) is 11.1 Å². The average Bonchev–Trinajstić information content (AvgIpc) is 3.00. The van der Waals surface area contributed by atoms with Crippen molar-refractivity contribution >= 4 is 11.8 Å². The Morgan fingerprint density at radius 3 is 1.76 bits per heavy atom. The van der Waals surface area contributed by atoms with Crippen molar-refractivity contribution in [2.45, 2.75) is 70.6 Å². The normalized spacial score (nSPS) is 13.2. The lowest BCUT2D eigenvalue weighted by molar-refractivity contribution is 0.0651. The van der Waals surface area contributed by atoms with E-state index < -0.39 is 0 Å². The zero-order valence-electron chi connectivity index (χ0n) is 17.3. The van der Waals surface area contributed by atoms with Gasteiger partial charge in [0, 0.05) is 18.9 Å². The van der Waals surface area contributed by atoms with Crippen LogP contribution < -0.4 is 0 Å². The highest BCUT2D eigenvalue weighted by Crippen LogP contribution is 2.23. The summed E-state index contributed by atoms with van der Waals surface area (Å²) in [5.41, 5.74) is 2.45. The van der Waals surface area contributed by atoms with Gasteiger partial charge >= 0.3 is 0 Å². The second-order valence-electron chi connectivity index (χ2n) is 7.95. The van der Waals surface area contributed by atoms with Crippen LogP contribution in [0.15, 0.2) is 48.8 Å². The molecule has 0 radical (unpaired) electrons. The number of pyridine rings is 1. The molecule has 0 spiro atoms. The zero-order chi connectivity index (χ0) is 20.3. The minimum absolute atomic E-state index is 0.130. The van der Waals surface area contributed by atoms with Gasteiger partial charge in [-0.2, -0.15) is 0 Å². The van der Waals surface area contributed by atoms with Crippen LogP contribution in [0.4, 0.5) is 0 Å². The number of carbonyl (C=O) groups excluding carboxylic acids is 2. The first kappa shape index (κ1) is 21.2. The van der Waals surface area contributed by atoms with E-state index in [1.165, 1.54) is 61.8 Å². The highest BCUT2D eigenvalue weighted by molar-refractivity contribution is 6.21. The minimum atomic E-state index is -0.130. The van der Waals surface area contributed by atoms with Gasteiger partial charge in [0.2, 0.25) is 0 Å². The summed E-state index contributed by atoms with van der Waals surface area (Å²) in [5.74, 6) is -0.261. The van der Waals surface area contributed by atoms with Crippen molar-refractivity contribution < 1.29 is 9.59 Å². The number of imide groups is 1. The zero-order valence-corrected chi connectivity index (χ0v) is 17.3. The van der Waals surface area contributed by atoms with Crippen LogP contribution in [0.3, 0.4) is 0 Å². The monoisotopic (exact) mass is 392 g/mol. The number of fused-ring (bicyclic) bond motifs is 1. The van der Waals surface area contributed by atoms with E-state index in [0.29, 0.717) is 17.7 Å². The lowest BCUT2D eigenvalue weighted by Crippen LogP contribution is -2.30. The van der Waals surface area contributed by atoms with Crippen LogP contribution in [0.2, 0.25) is 0 Å². The number of aromatic nitrogens is 1. The van der Waals surface area contributed by atoms with Crippen molar-refractivity contribution in [3.63, 3.8) is 0 Å². The molecule has 2 amide bonds. The largest absolute Gasteiger partial charge is 0.274 e. The molecule has 29 heavy (non-hydrogen) atoms. The van der Waals surface area contributed by atoms with Gasteiger partial charge in [-0.05, 0) is 43.0 Å². The smallest absolute Gasteiger partial charge is 0.261 e. The Morgan fingerprint density at radius 2 is 1.21 bits per heavy atom. The Hall–Kier alpha value is -2.49. The highest BCUT2D eigenvalue weighted by atomic mass is 16.2. The average molecular weight is 393 g/mol. The highest BCUT2D eigenvalue weighted by Gasteiger charge is 2.34. The Bertz CT molecular complexity index is 753. The van der Waals surface area contributed by atoms with Gasteiger partial charge in [0.1, 0.15) is 0 Å². The van der Waals surface area contributed by atoms with Crippen LogP contribution in [0, 0.1) is 0 Å². The molecule has 0 aliphatic carbocycles. The Labute approximate surface area is 174 Å². The van der Waals surface area contributed by atoms with Crippen molar-refractivity contribution in [2.75, 3.05) is 6.54 Å². The summed E-state index contributed by atoms with van der Waals surface area (Å²) in [4.78, 5) is 30.2. The third-order valence-corrected chi connectivity index (χ3v) is 5.70. The topological polar surface area (TPSA) is 50.3 Å². The molecule has 0 unspecified atom stereocenters. The SMILES string of the molecule is O=C1c2ccccc2C(=O)N1CCCCCCCCCCCCc1cccnc1. The fourth-order valence-corrected chi connectivity index (χ4v) is 4.00. The van der Waals surface area contributed by atoms with Gasteiger partial charge in [-0.15, -0.1) is 0 Å². The molecule has 1 aliphatic heterocycles. The van der Waals surface area contributed by atoms with Crippen LogP contribution in [0.1, 0.15) is 90.5 Å². The fourth-order valence-electron chi connectivity index (χ4n) is 4.00. The quantitative estimate of drug-likeness (QED) is 0.319. The van der Waals surface area contributed by atoms with E-state index in [9.17, 15) is 9.59 Å². The standard InChI is InChI=1S/C25H32N2O2/c28-24-22-16-10-11-17-23(22)25(29)27(24)19-12-8-6-4-2-1-3-5-7-9-14-21-15-13-18-26-20-21/h10-11,13,15-18,20H,1-9,12,14,19H2. The summed E-state index contributed by atoms with van der Waals surface area (Å²) in [5, 5.41) is 0. The molecule has 0 atom stereocenters. The molecular formula is C25H32N2O2. The van der Waals surface area contributed by atoms with Gasteiger partial charge in [-0.3, -0.25) is 19.5 Å². The molecule has 0 bridgehead atoms.